The number of halogens is 1. The predicted molar refractivity (Wildman–Crippen MR) is 62.8 cm³/mol. The molecule has 1 fully saturated rings. The topological polar surface area (TPSA) is 12.9 Å². The Morgan fingerprint density at radius 2 is 1.79 bits per heavy atom. The van der Waals surface area contributed by atoms with Crippen molar-refractivity contribution in [3.05, 3.63) is 30.1 Å². The molecule has 0 unspecified atom stereocenters. The van der Waals surface area contributed by atoms with Gasteiger partial charge >= 0.3 is 0 Å². The summed E-state index contributed by atoms with van der Waals surface area (Å²) in [5, 5.41) is 1.09. The lowest BCUT2D eigenvalue weighted by molar-refractivity contribution is 0.327. The Morgan fingerprint density at radius 1 is 1.14 bits per heavy atom. The maximum absolute atomic E-state index is 4.09. The fourth-order valence-corrected chi connectivity index (χ4v) is 3.32. The molecule has 1 aromatic heterocycles. The summed E-state index contributed by atoms with van der Waals surface area (Å²) in [5.74, 6) is 0. The molecule has 2 heteroatoms. The van der Waals surface area contributed by atoms with Gasteiger partial charge in [0.15, 0.2) is 0 Å². The molecule has 0 aromatic carbocycles. The first-order valence-electron chi connectivity index (χ1n) is 5.34. The molecular weight excluding hydrogens is 238 g/mol. The van der Waals surface area contributed by atoms with E-state index in [1.165, 1.54) is 37.7 Å². The molecule has 1 saturated carbocycles. The molecule has 0 radical (unpaired) electrons. The van der Waals surface area contributed by atoms with Crippen molar-refractivity contribution in [2.45, 2.75) is 37.5 Å². The summed E-state index contributed by atoms with van der Waals surface area (Å²) in [7, 11) is 0. The number of nitrogens with zero attached hydrogens (tertiary/aromatic N) is 1. The van der Waals surface area contributed by atoms with E-state index in [2.05, 4.69) is 33.0 Å². The third kappa shape index (κ3) is 1.85. The molecule has 14 heavy (non-hydrogen) atoms. The molecule has 1 heterocycles. The van der Waals surface area contributed by atoms with Gasteiger partial charge in [-0.05, 0) is 30.5 Å². The minimum absolute atomic E-state index is 0.390. The van der Waals surface area contributed by atoms with Crippen molar-refractivity contribution in [2.24, 2.45) is 0 Å². The Labute approximate surface area is 94.1 Å². The van der Waals surface area contributed by atoms with Crippen molar-refractivity contribution in [1.29, 1.82) is 0 Å². The Hall–Kier alpha value is -0.370. The zero-order valence-electron chi connectivity index (χ0n) is 8.38. The van der Waals surface area contributed by atoms with Crippen LogP contribution in [0.15, 0.2) is 24.5 Å². The van der Waals surface area contributed by atoms with Crippen molar-refractivity contribution in [2.75, 3.05) is 5.33 Å². The minimum Gasteiger partial charge on any atom is -0.265 e. The molecular formula is C12H16BrN. The number of hydrogen-bond donors (Lipinski definition) is 0. The monoisotopic (exact) mass is 253 g/mol. The van der Waals surface area contributed by atoms with Crippen LogP contribution in [0.5, 0.6) is 0 Å². The van der Waals surface area contributed by atoms with E-state index in [1.54, 1.807) is 0 Å². The van der Waals surface area contributed by atoms with Crippen molar-refractivity contribution in [1.82, 2.24) is 4.98 Å². The summed E-state index contributed by atoms with van der Waals surface area (Å²) in [6.45, 7) is 0. The Morgan fingerprint density at radius 3 is 2.36 bits per heavy atom. The predicted octanol–water partition coefficient (Wildman–Crippen LogP) is 3.68. The van der Waals surface area contributed by atoms with Crippen LogP contribution in [-0.2, 0) is 5.41 Å². The normalized spacial score (nSPS) is 20.6. The van der Waals surface area contributed by atoms with Crippen LogP contribution in [0.4, 0.5) is 0 Å². The van der Waals surface area contributed by atoms with Gasteiger partial charge in [-0.1, -0.05) is 35.2 Å². The first kappa shape index (κ1) is 10.2. The van der Waals surface area contributed by atoms with E-state index in [1.807, 2.05) is 12.4 Å². The highest BCUT2D eigenvalue weighted by Crippen LogP contribution is 2.40. The zero-order chi connectivity index (χ0) is 9.86. The summed E-state index contributed by atoms with van der Waals surface area (Å²) < 4.78 is 0. The lowest BCUT2D eigenvalue weighted by Gasteiger charge is -2.36. The highest BCUT2D eigenvalue weighted by Gasteiger charge is 2.32. The molecule has 1 aliphatic rings. The van der Waals surface area contributed by atoms with Crippen molar-refractivity contribution < 1.29 is 0 Å². The van der Waals surface area contributed by atoms with Crippen molar-refractivity contribution >= 4 is 15.9 Å². The molecule has 76 valence electrons. The average molecular weight is 254 g/mol. The summed E-state index contributed by atoms with van der Waals surface area (Å²) in [5.41, 5.74) is 1.85. The van der Waals surface area contributed by atoms with Crippen molar-refractivity contribution in [3.8, 4) is 0 Å². The van der Waals surface area contributed by atoms with Gasteiger partial charge in [0.2, 0.25) is 0 Å². The van der Waals surface area contributed by atoms with Gasteiger partial charge in [0, 0.05) is 23.1 Å². The van der Waals surface area contributed by atoms with Crippen LogP contribution in [0.25, 0.3) is 0 Å². The smallest absolute Gasteiger partial charge is 0.0270 e. The minimum atomic E-state index is 0.390. The number of alkyl halides is 1. The molecule has 2 rings (SSSR count). The second-order valence-corrected chi connectivity index (χ2v) is 4.77. The number of aromatic nitrogens is 1. The second kappa shape index (κ2) is 4.43. The standard InChI is InChI=1S/C12H16BrN/c13-10-12(6-2-1-3-7-12)11-4-8-14-9-5-11/h4-5,8-9H,1-3,6-7,10H2. The number of pyridine rings is 1. The highest BCUT2D eigenvalue weighted by atomic mass is 79.9. The third-order valence-corrected chi connectivity index (χ3v) is 4.43. The molecule has 0 N–H and O–H groups in total. The fourth-order valence-electron chi connectivity index (χ4n) is 2.43. The maximum Gasteiger partial charge on any atom is 0.0270 e. The van der Waals surface area contributed by atoms with E-state index in [4.69, 9.17) is 0 Å². The van der Waals surface area contributed by atoms with E-state index < -0.39 is 0 Å². The van der Waals surface area contributed by atoms with Crippen LogP contribution in [0, 0.1) is 0 Å². The van der Waals surface area contributed by atoms with Gasteiger partial charge in [-0.2, -0.15) is 0 Å². The molecule has 1 aliphatic carbocycles. The molecule has 1 nitrogen and oxygen atoms in total. The van der Waals surface area contributed by atoms with E-state index in [9.17, 15) is 0 Å². The lowest BCUT2D eigenvalue weighted by Crippen LogP contribution is -2.30. The zero-order valence-corrected chi connectivity index (χ0v) is 9.96. The summed E-state index contributed by atoms with van der Waals surface area (Å²) >= 11 is 3.68. The Balaban J connectivity index is 2.27. The van der Waals surface area contributed by atoms with Crippen LogP contribution in [0.3, 0.4) is 0 Å². The largest absolute Gasteiger partial charge is 0.265 e. The number of hydrogen-bond acceptors (Lipinski definition) is 1. The third-order valence-electron chi connectivity index (χ3n) is 3.36. The molecule has 0 spiro atoms. The van der Waals surface area contributed by atoms with E-state index in [0.29, 0.717) is 5.41 Å². The molecule has 0 atom stereocenters. The van der Waals surface area contributed by atoms with Gasteiger partial charge in [0.25, 0.3) is 0 Å². The van der Waals surface area contributed by atoms with Gasteiger partial charge in [-0.3, -0.25) is 4.98 Å². The van der Waals surface area contributed by atoms with Gasteiger partial charge < -0.3 is 0 Å². The van der Waals surface area contributed by atoms with E-state index >= 15 is 0 Å². The quantitative estimate of drug-likeness (QED) is 0.733. The molecule has 0 saturated heterocycles. The Bertz CT molecular complexity index is 278. The Kier molecular flexibility index (Phi) is 3.22. The summed E-state index contributed by atoms with van der Waals surface area (Å²) in [6, 6.07) is 4.35. The van der Waals surface area contributed by atoms with Gasteiger partial charge in [-0.15, -0.1) is 0 Å². The lowest BCUT2D eigenvalue weighted by atomic mass is 9.71. The van der Waals surface area contributed by atoms with Gasteiger partial charge in [-0.25, -0.2) is 0 Å². The van der Waals surface area contributed by atoms with Crippen LogP contribution < -0.4 is 0 Å². The van der Waals surface area contributed by atoms with Crippen LogP contribution in [-0.4, -0.2) is 10.3 Å². The van der Waals surface area contributed by atoms with E-state index in [0.717, 1.165) is 5.33 Å². The van der Waals surface area contributed by atoms with Crippen molar-refractivity contribution in [3.63, 3.8) is 0 Å². The first-order valence-corrected chi connectivity index (χ1v) is 6.46. The second-order valence-electron chi connectivity index (χ2n) is 4.21. The van der Waals surface area contributed by atoms with Crippen LogP contribution >= 0.6 is 15.9 Å². The number of rotatable bonds is 2. The maximum atomic E-state index is 4.09. The SMILES string of the molecule is BrCC1(c2ccncc2)CCCCC1. The van der Waals surface area contributed by atoms with Crippen LogP contribution in [0.1, 0.15) is 37.7 Å². The first-order chi connectivity index (χ1) is 6.87. The summed E-state index contributed by atoms with van der Waals surface area (Å²) in [4.78, 5) is 4.09. The van der Waals surface area contributed by atoms with Crippen LogP contribution in [0.2, 0.25) is 0 Å². The summed E-state index contributed by atoms with van der Waals surface area (Å²) in [6.07, 6.45) is 10.6. The average Bonchev–Trinajstić information content (AvgIpc) is 2.31. The molecule has 0 aliphatic heterocycles. The fraction of sp³-hybridized carbons (Fsp3) is 0.583. The van der Waals surface area contributed by atoms with Gasteiger partial charge in [0.05, 0.1) is 0 Å². The highest BCUT2D eigenvalue weighted by molar-refractivity contribution is 9.09. The molecule has 0 bridgehead atoms. The molecule has 0 amide bonds. The van der Waals surface area contributed by atoms with Gasteiger partial charge in [0.1, 0.15) is 0 Å². The molecule has 1 aromatic rings. The van der Waals surface area contributed by atoms with E-state index in [-0.39, 0.29) is 0 Å².